The predicted molar refractivity (Wildman–Crippen MR) is 95.5 cm³/mol. The first kappa shape index (κ1) is 17.0. The molecule has 0 N–H and O–H groups in total. The first-order valence-electron chi connectivity index (χ1n) is 6.98. The Bertz CT molecular complexity index is 1000. The first-order valence-corrected chi connectivity index (χ1v) is 9.83. The van der Waals surface area contributed by atoms with Gasteiger partial charge in [0.05, 0.1) is 17.8 Å². The molecule has 0 aliphatic carbocycles. The smallest absolute Gasteiger partial charge is 0.348 e. The van der Waals surface area contributed by atoms with Gasteiger partial charge < -0.3 is 4.74 Å². The Balaban J connectivity index is 1.92. The summed E-state index contributed by atoms with van der Waals surface area (Å²) >= 11 is 7.11. The molecule has 7 heteroatoms. The maximum Gasteiger partial charge on any atom is 0.348 e. The van der Waals surface area contributed by atoms with Crippen molar-refractivity contribution in [2.24, 2.45) is 0 Å². The average Bonchev–Trinajstić information content (AvgIpc) is 2.97. The second-order valence-corrected chi connectivity index (χ2v) is 8.70. The van der Waals surface area contributed by atoms with E-state index in [1.807, 2.05) is 6.07 Å². The number of ether oxygens (including phenoxy) is 1. The van der Waals surface area contributed by atoms with Crippen LogP contribution in [0.15, 0.2) is 53.4 Å². The van der Waals surface area contributed by atoms with Gasteiger partial charge in [0.25, 0.3) is 0 Å². The number of fused-ring (bicyclic) bond motifs is 1. The van der Waals surface area contributed by atoms with Crippen molar-refractivity contribution >= 4 is 48.8 Å². The number of methoxy groups -OCH3 is 1. The first-order chi connectivity index (χ1) is 11.4. The predicted octanol–water partition coefficient (Wildman–Crippen LogP) is 4.32. The zero-order chi connectivity index (χ0) is 17.3. The van der Waals surface area contributed by atoms with Gasteiger partial charge >= 0.3 is 5.97 Å². The minimum absolute atomic E-state index is 0.117. The topological polar surface area (TPSA) is 60.4 Å². The summed E-state index contributed by atoms with van der Waals surface area (Å²) < 4.78 is 30.6. The van der Waals surface area contributed by atoms with Crippen molar-refractivity contribution in [3.8, 4) is 0 Å². The molecule has 4 nitrogen and oxygen atoms in total. The summed E-state index contributed by atoms with van der Waals surface area (Å²) in [5.41, 5.74) is 0.659. The number of halogens is 1. The van der Waals surface area contributed by atoms with E-state index in [2.05, 4.69) is 0 Å². The molecule has 3 aromatic rings. The van der Waals surface area contributed by atoms with E-state index in [1.54, 1.807) is 30.3 Å². The van der Waals surface area contributed by atoms with Crippen LogP contribution in [0.2, 0.25) is 5.02 Å². The van der Waals surface area contributed by atoms with Crippen LogP contribution in [0.4, 0.5) is 0 Å². The van der Waals surface area contributed by atoms with Crippen LogP contribution in [0.3, 0.4) is 0 Å². The van der Waals surface area contributed by atoms with Gasteiger partial charge in [0, 0.05) is 9.72 Å². The van der Waals surface area contributed by atoms with Crippen LogP contribution < -0.4 is 0 Å². The van der Waals surface area contributed by atoms with E-state index >= 15 is 0 Å². The molecular formula is C17H13ClO4S2. The number of thiophene rings is 1. The molecule has 0 unspecified atom stereocenters. The maximum absolute atomic E-state index is 12.5. The molecule has 2 aromatic carbocycles. The second kappa shape index (κ2) is 6.55. The molecule has 24 heavy (non-hydrogen) atoms. The summed E-state index contributed by atoms with van der Waals surface area (Å²) in [6.45, 7) is 0. The number of carbonyl (C=O) groups excluding carboxylic acids is 1. The monoisotopic (exact) mass is 380 g/mol. The largest absolute Gasteiger partial charge is 0.465 e. The molecule has 0 spiro atoms. The summed E-state index contributed by atoms with van der Waals surface area (Å²) in [7, 11) is -2.13. The number of benzene rings is 2. The SMILES string of the molecule is COC(=O)c1cc2cc(CS(=O)(=O)c3ccc(Cl)cc3)ccc2s1. The molecule has 0 saturated heterocycles. The molecule has 0 atom stereocenters. The number of carbonyl (C=O) groups is 1. The van der Waals surface area contributed by atoms with Gasteiger partial charge in [-0.1, -0.05) is 17.7 Å². The van der Waals surface area contributed by atoms with Crippen molar-refractivity contribution < 1.29 is 17.9 Å². The van der Waals surface area contributed by atoms with Crippen LogP contribution in [-0.4, -0.2) is 21.5 Å². The third kappa shape index (κ3) is 3.45. The third-order valence-corrected chi connectivity index (χ3v) is 6.55. The van der Waals surface area contributed by atoms with Gasteiger partial charge in [-0.25, -0.2) is 13.2 Å². The second-order valence-electron chi connectivity index (χ2n) is 5.19. The van der Waals surface area contributed by atoms with E-state index in [-0.39, 0.29) is 10.6 Å². The fourth-order valence-electron chi connectivity index (χ4n) is 2.33. The summed E-state index contributed by atoms with van der Waals surface area (Å²) in [6, 6.07) is 13.2. The van der Waals surface area contributed by atoms with E-state index in [0.717, 1.165) is 10.1 Å². The number of hydrogen-bond acceptors (Lipinski definition) is 5. The van der Waals surface area contributed by atoms with Crippen LogP contribution in [0.25, 0.3) is 10.1 Å². The molecule has 3 rings (SSSR count). The Labute approximate surface area is 148 Å². The Morgan fingerprint density at radius 1 is 1.12 bits per heavy atom. The van der Waals surface area contributed by atoms with Crippen molar-refractivity contribution in [1.82, 2.24) is 0 Å². The van der Waals surface area contributed by atoms with Gasteiger partial charge in [-0.2, -0.15) is 0 Å². The summed E-state index contributed by atoms with van der Waals surface area (Å²) in [5.74, 6) is -0.514. The minimum atomic E-state index is -3.46. The van der Waals surface area contributed by atoms with E-state index in [0.29, 0.717) is 15.5 Å². The van der Waals surface area contributed by atoms with Crippen LogP contribution >= 0.6 is 22.9 Å². The number of rotatable bonds is 4. The van der Waals surface area contributed by atoms with Gasteiger partial charge in [0.2, 0.25) is 0 Å². The van der Waals surface area contributed by atoms with Crippen LogP contribution in [0.1, 0.15) is 15.2 Å². The lowest BCUT2D eigenvalue weighted by atomic mass is 10.2. The number of sulfone groups is 1. The zero-order valence-electron chi connectivity index (χ0n) is 12.7. The van der Waals surface area contributed by atoms with Gasteiger partial charge in [-0.15, -0.1) is 11.3 Å². The zero-order valence-corrected chi connectivity index (χ0v) is 15.0. The van der Waals surface area contributed by atoms with Gasteiger partial charge in [0.1, 0.15) is 4.88 Å². The van der Waals surface area contributed by atoms with Gasteiger partial charge in [-0.3, -0.25) is 0 Å². The minimum Gasteiger partial charge on any atom is -0.465 e. The lowest BCUT2D eigenvalue weighted by Crippen LogP contribution is -2.04. The molecule has 1 heterocycles. The van der Waals surface area contributed by atoms with Crippen molar-refractivity contribution in [3.63, 3.8) is 0 Å². The summed E-state index contributed by atoms with van der Waals surface area (Å²) in [6.07, 6.45) is 0. The molecule has 0 aliphatic rings. The fourth-order valence-corrected chi connectivity index (χ4v) is 4.75. The summed E-state index contributed by atoms with van der Waals surface area (Å²) in [5, 5.41) is 1.31. The van der Waals surface area contributed by atoms with E-state index in [4.69, 9.17) is 16.3 Å². The van der Waals surface area contributed by atoms with E-state index in [9.17, 15) is 13.2 Å². The molecular weight excluding hydrogens is 368 g/mol. The number of hydrogen-bond donors (Lipinski definition) is 0. The number of esters is 1. The van der Waals surface area contributed by atoms with Gasteiger partial charge in [-0.05, 0) is 53.4 Å². The summed E-state index contributed by atoms with van der Waals surface area (Å²) in [4.78, 5) is 12.3. The van der Waals surface area contributed by atoms with Crippen LogP contribution in [0, 0.1) is 0 Å². The fraction of sp³-hybridized carbons (Fsp3) is 0.118. The normalized spacial score (nSPS) is 11.6. The third-order valence-electron chi connectivity index (χ3n) is 3.50. The van der Waals surface area contributed by atoms with Crippen molar-refractivity contribution in [2.45, 2.75) is 10.6 Å². The molecule has 0 fully saturated rings. The highest BCUT2D eigenvalue weighted by Crippen LogP contribution is 2.28. The Morgan fingerprint density at radius 3 is 2.50 bits per heavy atom. The van der Waals surface area contributed by atoms with E-state index in [1.165, 1.54) is 30.6 Å². The van der Waals surface area contributed by atoms with Crippen LogP contribution in [-0.2, 0) is 20.3 Å². The standard InChI is InChI=1S/C17H13ClO4S2/c1-22-17(19)16-9-12-8-11(2-7-15(12)23-16)10-24(20,21)14-5-3-13(18)4-6-14/h2-9H,10H2,1H3. The quantitative estimate of drug-likeness (QED) is 0.632. The highest BCUT2D eigenvalue weighted by atomic mass is 35.5. The molecule has 124 valence electrons. The Kier molecular flexibility index (Phi) is 4.62. The maximum atomic E-state index is 12.5. The van der Waals surface area contributed by atoms with Crippen molar-refractivity contribution in [3.05, 3.63) is 64.0 Å². The van der Waals surface area contributed by atoms with Crippen LogP contribution in [0.5, 0.6) is 0 Å². The highest BCUT2D eigenvalue weighted by molar-refractivity contribution is 7.90. The van der Waals surface area contributed by atoms with Crippen molar-refractivity contribution in [2.75, 3.05) is 7.11 Å². The van der Waals surface area contributed by atoms with Gasteiger partial charge in [0.15, 0.2) is 9.84 Å². The molecule has 0 bridgehead atoms. The Hall–Kier alpha value is -1.89. The lowest BCUT2D eigenvalue weighted by Gasteiger charge is -2.05. The Morgan fingerprint density at radius 2 is 1.83 bits per heavy atom. The lowest BCUT2D eigenvalue weighted by molar-refractivity contribution is 0.0606. The van der Waals surface area contributed by atoms with E-state index < -0.39 is 15.8 Å². The molecule has 0 radical (unpaired) electrons. The molecule has 0 saturated carbocycles. The molecule has 0 amide bonds. The molecule has 0 aliphatic heterocycles. The highest BCUT2D eigenvalue weighted by Gasteiger charge is 2.16. The molecule has 1 aromatic heterocycles. The van der Waals surface area contributed by atoms with Crippen molar-refractivity contribution in [1.29, 1.82) is 0 Å². The average molecular weight is 381 g/mol.